The van der Waals surface area contributed by atoms with Crippen LogP contribution in [-0.2, 0) is 0 Å². The highest BCUT2D eigenvalue weighted by Crippen LogP contribution is 2.28. The number of thiophene rings is 1. The minimum atomic E-state index is 1.12. The topological polar surface area (TPSA) is 0 Å². The van der Waals surface area contributed by atoms with Crippen molar-refractivity contribution < 1.29 is 0 Å². The summed E-state index contributed by atoms with van der Waals surface area (Å²) in [4.78, 5) is 0. The molecule has 0 amide bonds. The van der Waals surface area contributed by atoms with Gasteiger partial charge in [0.15, 0.2) is 0 Å². The van der Waals surface area contributed by atoms with E-state index in [9.17, 15) is 0 Å². The standard InChI is InChI=1S/C14H9BrS/c15-13-4-1-10(2-5-13)11-3-6-14-12(9-11)7-8-16-14/h1-9H. The Hall–Kier alpha value is -1.12. The molecule has 2 aromatic carbocycles. The Balaban J connectivity index is 2.14. The van der Waals surface area contributed by atoms with Crippen LogP contribution in [0.1, 0.15) is 0 Å². The van der Waals surface area contributed by atoms with Crippen LogP contribution < -0.4 is 0 Å². The van der Waals surface area contributed by atoms with E-state index in [-0.39, 0.29) is 0 Å². The van der Waals surface area contributed by atoms with Crippen LogP contribution in [0.4, 0.5) is 0 Å². The third kappa shape index (κ3) is 1.79. The van der Waals surface area contributed by atoms with Crippen molar-refractivity contribution in [2.75, 3.05) is 0 Å². The first-order valence-electron chi connectivity index (χ1n) is 5.06. The van der Waals surface area contributed by atoms with Crippen molar-refractivity contribution in [3.8, 4) is 11.1 Å². The summed E-state index contributed by atoms with van der Waals surface area (Å²) in [5, 5.41) is 3.46. The molecule has 0 aliphatic carbocycles. The van der Waals surface area contributed by atoms with E-state index in [4.69, 9.17) is 0 Å². The molecule has 0 saturated heterocycles. The van der Waals surface area contributed by atoms with Crippen LogP contribution in [0.25, 0.3) is 21.2 Å². The van der Waals surface area contributed by atoms with Gasteiger partial charge in [0.2, 0.25) is 0 Å². The fourth-order valence-corrected chi connectivity index (χ4v) is 2.82. The average molecular weight is 289 g/mol. The van der Waals surface area contributed by atoms with Gasteiger partial charge in [-0.05, 0) is 52.2 Å². The Labute approximate surface area is 107 Å². The van der Waals surface area contributed by atoms with E-state index in [0.717, 1.165) is 4.47 Å². The third-order valence-corrected chi connectivity index (χ3v) is 4.06. The number of rotatable bonds is 1. The minimum Gasteiger partial charge on any atom is -0.144 e. The van der Waals surface area contributed by atoms with Crippen LogP contribution in [-0.4, -0.2) is 0 Å². The maximum absolute atomic E-state index is 3.45. The lowest BCUT2D eigenvalue weighted by Crippen LogP contribution is -1.76. The molecule has 0 aliphatic rings. The molecule has 0 fully saturated rings. The first-order valence-corrected chi connectivity index (χ1v) is 6.73. The van der Waals surface area contributed by atoms with Gasteiger partial charge < -0.3 is 0 Å². The van der Waals surface area contributed by atoms with Gasteiger partial charge in [-0.15, -0.1) is 11.3 Å². The van der Waals surface area contributed by atoms with Gasteiger partial charge in [0, 0.05) is 9.17 Å². The lowest BCUT2D eigenvalue weighted by Gasteiger charge is -2.02. The quantitative estimate of drug-likeness (QED) is 0.568. The molecule has 3 rings (SSSR count). The Morgan fingerprint density at radius 2 is 1.56 bits per heavy atom. The minimum absolute atomic E-state index is 1.12. The van der Waals surface area contributed by atoms with Gasteiger partial charge >= 0.3 is 0 Å². The van der Waals surface area contributed by atoms with Crippen molar-refractivity contribution in [1.29, 1.82) is 0 Å². The molecule has 2 heteroatoms. The predicted octanol–water partition coefficient (Wildman–Crippen LogP) is 5.33. The van der Waals surface area contributed by atoms with Crippen molar-refractivity contribution >= 4 is 37.4 Å². The van der Waals surface area contributed by atoms with Crippen LogP contribution in [0.5, 0.6) is 0 Å². The van der Waals surface area contributed by atoms with Gasteiger partial charge in [-0.1, -0.05) is 34.1 Å². The molecule has 0 atom stereocenters. The van der Waals surface area contributed by atoms with Crippen molar-refractivity contribution in [2.45, 2.75) is 0 Å². The van der Waals surface area contributed by atoms with Gasteiger partial charge in [0.1, 0.15) is 0 Å². The summed E-state index contributed by atoms with van der Waals surface area (Å²) in [6.45, 7) is 0. The lowest BCUT2D eigenvalue weighted by atomic mass is 10.0. The summed E-state index contributed by atoms with van der Waals surface area (Å²) in [5.41, 5.74) is 2.54. The van der Waals surface area contributed by atoms with Gasteiger partial charge in [0.25, 0.3) is 0 Å². The third-order valence-electron chi connectivity index (χ3n) is 2.63. The zero-order valence-corrected chi connectivity index (χ0v) is 10.9. The number of hydrogen-bond donors (Lipinski definition) is 0. The Kier molecular flexibility index (Phi) is 2.54. The molecule has 16 heavy (non-hydrogen) atoms. The summed E-state index contributed by atoms with van der Waals surface area (Å²) in [6, 6.07) is 17.2. The van der Waals surface area contributed by atoms with E-state index < -0.39 is 0 Å². The molecule has 0 radical (unpaired) electrons. The molecule has 1 heterocycles. The van der Waals surface area contributed by atoms with Gasteiger partial charge in [0.05, 0.1) is 0 Å². The van der Waals surface area contributed by atoms with Crippen LogP contribution in [0.2, 0.25) is 0 Å². The van der Waals surface area contributed by atoms with Crippen molar-refractivity contribution in [3.63, 3.8) is 0 Å². The summed E-state index contributed by atoms with van der Waals surface area (Å²) in [6.07, 6.45) is 0. The predicted molar refractivity (Wildman–Crippen MR) is 75.0 cm³/mol. The van der Waals surface area contributed by atoms with Crippen molar-refractivity contribution in [1.82, 2.24) is 0 Å². The summed E-state index contributed by atoms with van der Waals surface area (Å²) in [5.74, 6) is 0. The highest BCUT2D eigenvalue weighted by molar-refractivity contribution is 9.10. The smallest absolute Gasteiger partial charge is 0.0343 e. The fourth-order valence-electron chi connectivity index (χ4n) is 1.79. The molecule has 0 unspecified atom stereocenters. The normalized spacial score (nSPS) is 10.8. The monoisotopic (exact) mass is 288 g/mol. The molecule has 0 saturated carbocycles. The average Bonchev–Trinajstić information content (AvgIpc) is 2.77. The number of fused-ring (bicyclic) bond motifs is 1. The molecule has 0 nitrogen and oxygen atoms in total. The van der Waals surface area contributed by atoms with Gasteiger partial charge in [-0.25, -0.2) is 0 Å². The summed E-state index contributed by atoms with van der Waals surface area (Å²) in [7, 11) is 0. The second-order valence-corrected chi connectivity index (χ2v) is 5.54. The second-order valence-electron chi connectivity index (χ2n) is 3.68. The second kappa shape index (κ2) is 4.04. The molecule has 0 N–H and O–H groups in total. The highest BCUT2D eigenvalue weighted by atomic mass is 79.9. The van der Waals surface area contributed by atoms with Crippen molar-refractivity contribution in [2.24, 2.45) is 0 Å². The summed E-state index contributed by atoms with van der Waals surface area (Å²) < 4.78 is 2.47. The zero-order chi connectivity index (χ0) is 11.0. The maximum atomic E-state index is 3.45. The summed E-state index contributed by atoms with van der Waals surface area (Å²) >= 11 is 5.24. The largest absolute Gasteiger partial charge is 0.144 e. The van der Waals surface area contributed by atoms with E-state index >= 15 is 0 Å². The van der Waals surface area contributed by atoms with Crippen molar-refractivity contribution in [3.05, 3.63) is 58.4 Å². The molecular formula is C14H9BrS. The Bertz CT molecular complexity index is 623. The number of hydrogen-bond acceptors (Lipinski definition) is 1. The fraction of sp³-hybridized carbons (Fsp3) is 0. The van der Waals surface area contributed by atoms with E-state index in [1.165, 1.54) is 21.2 Å². The molecule has 78 valence electrons. The van der Waals surface area contributed by atoms with E-state index in [0.29, 0.717) is 0 Å². The Morgan fingerprint density at radius 1 is 0.812 bits per heavy atom. The zero-order valence-electron chi connectivity index (χ0n) is 8.48. The van der Waals surface area contributed by atoms with Crippen LogP contribution in [0.3, 0.4) is 0 Å². The molecule has 3 aromatic rings. The van der Waals surface area contributed by atoms with E-state index in [2.05, 4.69) is 69.8 Å². The van der Waals surface area contributed by atoms with Crippen LogP contribution in [0, 0.1) is 0 Å². The molecule has 0 spiro atoms. The van der Waals surface area contributed by atoms with Gasteiger partial charge in [-0.3, -0.25) is 0 Å². The molecule has 1 aromatic heterocycles. The molecular weight excluding hydrogens is 280 g/mol. The van der Waals surface area contributed by atoms with Crippen LogP contribution >= 0.6 is 27.3 Å². The van der Waals surface area contributed by atoms with E-state index in [1.807, 2.05) is 0 Å². The van der Waals surface area contributed by atoms with E-state index in [1.54, 1.807) is 11.3 Å². The molecule has 0 bridgehead atoms. The number of halogens is 1. The highest BCUT2D eigenvalue weighted by Gasteiger charge is 2.00. The Morgan fingerprint density at radius 3 is 2.38 bits per heavy atom. The maximum Gasteiger partial charge on any atom is 0.0343 e. The SMILES string of the molecule is Brc1ccc(-c2ccc3sccc3c2)cc1. The molecule has 0 aliphatic heterocycles. The first-order chi connectivity index (χ1) is 7.83. The first kappa shape index (κ1) is 10.1. The number of benzene rings is 2. The lowest BCUT2D eigenvalue weighted by molar-refractivity contribution is 1.62. The van der Waals surface area contributed by atoms with Crippen LogP contribution in [0.15, 0.2) is 58.4 Å². The van der Waals surface area contributed by atoms with Gasteiger partial charge in [-0.2, -0.15) is 0 Å².